The van der Waals surface area contributed by atoms with Crippen molar-refractivity contribution in [1.82, 2.24) is 9.78 Å². The summed E-state index contributed by atoms with van der Waals surface area (Å²) < 4.78 is 1.64. The standard InChI is InChI=1S/C5H7ClN2.C2H6/c1-4-3-7-8(2)5(4)6;1-2/h3H,1-2H3;1-2H3. The van der Waals surface area contributed by atoms with Gasteiger partial charge in [-0.1, -0.05) is 25.4 Å². The van der Waals surface area contributed by atoms with Gasteiger partial charge >= 0.3 is 0 Å². The smallest absolute Gasteiger partial charge is 0.129 e. The lowest BCUT2D eigenvalue weighted by Gasteiger charge is -1.87. The molecule has 0 aromatic carbocycles. The maximum absolute atomic E-state index is 5.69. The van der Waals surface area contributed by atoms with Crippen molar-refractivity contribution in [1.29, 1.82) is 0 Å². The van der Waals surface area contributed by atoms with E-state index in [1.54, 1.807) is 10.9 Å². The number of halogens is 1. The average Bonchev–Trinajstić information content (AvgIpc) is 2.25. The molecule has 1 rings (SSSR count). The molecule has 0 saturated carbocycles. The average molecular weight is 161 g/mol. The molecule has 0 saturated heterocycles. The maximum atomic E-state index is 5.69. The number of nitrogens with zero attached hydrogens (tertiary/aromatic N) is 2. The van der Waals surface area contributed by atoms with Crippen LogP contribution in [0.25, 0.3) is 0 Å². The summed E-state index contributed by atoms with van der Waals surface area (Å²) in [4.78, 5) is 0. The molecule has 0 aliphatic rings. The van der Waals surface area contributed by atoms with E-state index in [4.69, 9.17) is 11.6 Å². The monoisotopic (exact) mass is 160 g/mol. The topological polar surface area (TPSA) is 17.8 Å². The molecule has 0 radical (unpaired) electrons. The minimum atomic E-state index is 0.713. The van der Waals surface area contributed by atoms with Crippen LogP contribution in [0.3, 0.4) is 0 Å². The molecular formula is C7H13ClN2. The molecule has 0 fully saturated rings. The summed E-state index contributed by atoms with van der Waals surface area (Å²) in [5.74, 6) is 0. The Morgan fingerprint density at radius 3 is 2.10 bits per heavy atom. The fraction of sp³-hybridized carbons (Fsp3) is 0.571. The normalized spacial score (nSPS) is 8.50. The summed E-state index contributed by atoms with van der Waals surface area (Å²) in [6.07, 6.45) is 1.74. The molecule has 1 aromatic heterocycles. The predicted molar refractivity (Wildman–Crippen MR) is 44.3 cm³/mol. The van der Waals surface area contributed by atoms with Crippen LogP contribution in [0.5, 0.6) is 0 Å². The Morgan fingerprint density at radius 2 is 2.00 bits per heavy atom. The van der Waals surface area contributed by atoms with Gasteiger partial charge in [-0.05, 0) is 6.92 Å². The quantitative estimate of drug-likeness (QED) is 0.570. The van der Waals surface area contributed by atoms with Gasteiger partial charge in [0.2, 0.25) is 0 Å². The van der Waals surface area contributed by atoms with Crippen LogP contribution in [0.4, 0.5) is 0 Å². The van der Waals surface area contributed by atoms with Crippen molar-refractivity contribution in [3.63, 3.8) is 0 Å². The van der Waals surface area contributed by atoms with Crippen LogP contribution in [0.2, 0.25) is 5.15 Å². The first-order chi connectivity index (χ1) is 4.72. The second-order valence-corrected chi connectivity index (χ2v) is 2.10. The highest BCUT2D eigenvalue weighted by molar-refractivity contribution is 6.30. The van der Waals surface area contributed by atoms with Gasteiger partial charge in [0.05, 0.1) is 6.20 Å². The Hall–Kier alpha value is -0.500. The third kappa shape index (κ3) is 2.03. The number of hydrogen-bond donors (Lipinski definition) is 0. The fourth-order valence-corrected chi connectivity index (χ4v) is 0.625. The van der Waals surface area contributed by atoms with Crippen LogP contribution >= 0.6 is 11.6 Å². The van der Waals surface area contributed by atoms with E-state index in [1.807, 2.05) is 27.8 Å². The van der Waals surface area contributed by atoms with Gasteiger partial charge in [0.1, 0.15) is 5.15 Å². The van der Waals surface area contributed by atoms with E-state index >= 15 is 0 Å². The summed E-state index contributed by atoms with van der Waals surface area (Å²) in [5.41, 5.74) is 1.02. The summed E-state index contributed by atoms with van der Waals surface area (Å²) in [5, 5.41) is 4.61. The summed E-state index contributed by atoms with van der Waals surface area (Å²) in [6, 6.07) is 0. The third-order valence-electron chi connectivity index (χ3n) is 1.03. The summed E-state index contributed by atoms with van der Waals surface area (Å²) in [7, 11) is 1.81. The van der Waals surface area contributed by atoms with Gasteiger partial charge in [-0.2, -0.15) is 5.10 Å². The lowest BCUT2D eigenvalue weighted by Crippen LogP contribution is -1.87. The van der Waals surface area contributed by atoms with Crippen molar-refractivity contribution in [2.45, 2.75) is 20.8 Å². The molecule has 1 heterocycles. The predicted octanol–water partition coefficient (Wildman–Crippen LogP) is 2.41. The zero-order valence-electron chi connectivity index (χ0n) is 6.85. The SMILES string of the molecule is CC.Cc1cnn(C)c1Cl. The lowest BCUT2D eigenvalue weighted by molar-refractivity contribution is 0.768. The Labute approximate surface area is 66.8 Å². The minimum Gasteiger partial charge on any atom is -0.257 e. The number of hydrogen-bond acceptors (Lipinski definition) is 1. The van der Waals surface area contributed by atoms with Gasteiger partial charge in [0, 0.05) is 12.6 Å². The first kappa shape index (κ1) is 9.50. The molecule has 0 spiro atoms. The second kappa shape index (κ2) is 4.34. The molecule has 3 heteroatoms. The molecule has 0 aliphatic carbocycles. The van der Waals surface area contributed by atoms with Crippen LogP contribution in [-0.2, 0) is 7.05 Å². The maximum Gasteiger partial charge on any atom is 0.129 e. The van der Waals surface area contributed by atoms with E-state index in [0.717, 1.165) is 5.56 Å². The highest BCUT2D eigenvalue weighted by Gasteiger charge is 1.96. The van der Waals surface area contributed by atoms with E-state index in [0.29, 0.717) is 5.15 Å². The van der Waals surface area contributed by atoms with E-state index in [-0.39, 0.29) is 0 Å². The van der Waals surface area contributed by atoms with E-state index in [2.05, 4.69) is 5.10 Å². The van der Waals surface area contributed by atoms with Crippen LogP contribution in [0.1, 0.15) is 19.4 Å². The summed E-state index contributed by atoms with van der Waals surface area (Å²) >= 11 is 5.69. The van der Waals surface area contributed by atoms with Gasteiger partial charge in [-0.15, -0.1) is 0 Å². The molecule has 0 atom stereocenters. The van der Waals surface area contributed by atoms with Crippen molar-refractivity contribution in [3.8, 4) is 0 Å². The highest BCUT2D eigenvalue weighted by Crippen LogP contribution is 2.10. The lowest BCUT2D eigenvalue weighted by atomic mass is 10.4. The van der Waals surface area contributed by atoms with Crippen LogP contribution in [0.15, 0.2) is 6.20 Å². The molecule has 58 valence electrons. The van der Waals surface area contributed by atoms with E-state index in [9.17, 15) is 0 Å². The Kier molecular flexibility index (Phi) is 4.12. The molecule has 0 bridgehead atoms. The van der Waals surface area contributed by atoms with Gasteiger partial charge in [0.15, 0.2) is 0 Å². The number of rotatable bonds is 0. The van der Waals surface area contributed by atoms with Crippen molar-refractivity contribution in [3.05, 3.63) is 16.9 Å². The van der Waals surface area contributed by atoms with Crippen LogP contribution in [-0.4, -0.2) is 9.78 Å². The molecule has 0 amide bonds. The van der Waals surface area contributed by atoms with Crippen molar-refractivity contribution in [2.75, 3.05) is 0 Å². The molecule has 0 N–H and O–H groups in total. The van der Waals surface area contributed by atoms with Crippen molar-refractivity contribution in [2.24, 2.45) is 7.05 Å². The van der Waals surface area contributed by atoms with E-state index < -0.39 is 0 Å². The third-order valence-corrected chi connectivity index (χ3v) is 1.58. The first-order valence-corrected chi connectivity index (χ1v) is 3.73. The molecule has 2 nitrogen and oxygen atoms in total. The van der Waals surface area contributed by atoms with Gasteiger partial charge in [-0.25, -0.2) is 0 Å². The first-order valence-electron chi connectivity index (χ1n) is 3.36. The van der Waals surface area contributed by atoms with E-state index in [1.165, 1.54) is 0 Å². The number of aromatic nitrogens is 2. The minimum absolute atomic E-state index is 0.713. The Morgan fingerprint density at radius 1 is 1.50 bits per heavy atom. The molecule has 10 heavy (non-hydrogen) atoms. The second-order valence-electron chi connectivity index (χ2n) is 1.74. The van der Waals surface area contributed by atoms with Crippen LogP contribution < -0.4 is 0 Å². The zero-order chi connectivity index (χ0) is 8.15. The molecule has 0 aliphatic heterocycles. The van der Waals surface area contributed by atoms with Gasteiger partial charge in [0.25, 0.3) is 0 Å². The van der Waals surface area contributed by atoms with Gasteiger partial charge < -0.3 is 0 Å². The Bertz CT molecular complexity index is 174. The largest absolute Gasteiger partial charge is 0.257 e. The fourth-order valence-electron chi connectivity index (χ4n) is 0.532. The Balaban J connectivity index is 0.000000371. The number of aryl methyl sites for hydroxylation is 2. The van der Waals surface area contributed by atoms with Crippen LogP contribution in [0, 0.1) is 6.92 Å². The molecule has 0 unspecified atom stereocenters. The zero-order valence-corrected chi connectivity index (χ0v) is 7.61. The summed E-state index contributed by atoms with van der Waals surface area (Å²) in [6.45, 7) is 5.93. The molecule has 1 aromatic rings. The van der Waals surface area contributed by atoms with Crippen molar-refractivity contribution >= 4 is 11.6 Å². The molecular weight excluding hydrogens is 148 g/mol. The highest BCUT2D eigenvalue weighted by atomic mass is 35.5. The van der Waals surface area contributed by atoms with Gasteiger partial charge in [-0.3, -0.25) is 4.68 Å². The van der Waals surface area contributed by atoms with Crippen molar-refractivity contribution < 1.29 is 0 Å².